The molecular formula is C19H19NO2. The van der Waals surface area contributed by atoms with Crippen LogP contribution in [0.3, 0.4) is 0 Å². The number of furan rings is 1. The zero-order chi connectivity index (χ0) is 15.4. The van der Waals surface area contributed by atoms with Gasteiger partial charge in [0.15, 0.2) is 0 Å². The Hall–Kier alpha value is -2.55. The predicted molar refractivity (Wildman–Crippen MR) is 87.6 cm³/mol. The Balaban J connectivity index is 1.50. The molecule has 2 aromatic carbocycles. The molecule has 1 aromatic heterocycles. The highest BCUT2D eigenvalue weighted by molar-refractivity contribution is 5.78. The van der Waals surface area contributed by atoms with Crippen molar-refractivity contribution < 1.29 is 9.21 Å². The summed E-state index contributed by atoms with van der Waals surface area (Å²) < 4.78 is 5.68. The van der Waals surface area contributed by atoms with E-state index in [4.69, 9.17) is 4.42 Å². The summed E-state index contributed by atoms with van der Waals surface area (Å²) in [4.78, 5) is 11.9. The van der Waals surface area contributed by atoms with Crippen molar-refractivity contribution in [2.24, 2.45) is 0 Å². The fourth-order valence-corrected chi connectivity index (χ4v) is 2.41. The number of rotatable bonds is 5. The van der Waals surface area contributed by atoms with Gasteiger partial charge in [-0.15, -0.1) is 0 Å². The number of hydrogen-bond donors (Lipinski definition) is 1. The number of hydrogen-bond acceptors (Lipinski definition) is 2. The average molecular weight is 293 g/mol. The smallest absolute Gasteiger partial charge is 0.220 e. The molecule has 0 spiro atoms. The summed E-state index contributed by atoms with van der Waals surface area (Å²) in [5.41, 5.74) is 3.27. The van der Waals surface area contributed by atoms with Gasteiger partial charge in [0.1, 0.15) is 11.3 Å². The van der Waals surface area contributed by atoms with Crippen LogP contribution in [-0.4, -0.2) is 5.91 Å². The van der Waals surface area contributed by atoms with Crippen LogP contribution in [0.2, 0.25) is 0 Å². The summed E-state index contributed by atoms with van der Waals surface area (Å²) in [6, 6.07) is 18.1. The van der Waals surface area contributed by atoms with E-state index in [9.17, 15) is 4.79 Å². The Morgan fingerprint density at radius 1 is 1.09 bits per heavy atom. The first-order valence-electron chi connectivity index (χ1n) is 7.50. The van der Waals surface area contributed by atoms with Crippen molar-refractivity contribution in [1.29, 1.82) is 0 Å². The first-order valence-corrected chi connectivity index (χ1v) is 7.50. The molecule has 3 rings (SSSR count). The van der Waals surface area contributed by atoms with Crippen LogP contribution in [0.4, 0.5) is 0 Å². The molecule has 0 radical (unpaired) electrons. The second-order valence-corrected chi connectivity index (χ2v) is 5.51. The maximum atomic E-state index is 11.9. The Morgan fingerprint density at radius 2 is 1.86 bits per heavy atom. The third-order valence-corrected chi connectivity index (χ3v) is 3.70. The highest BCUT2D eigenvalue weighted by Gasteiger charge is 2.06. The number of carbonyl (C=O) groups excluding carboxylic acids is 1. The number of nitrogens with one attached hydrogen (secondary N) is 1. The van der Waals surface area contributed by atoms with Crippen molar-refractivity contribution in [3.05, 3.63) is 71.5 Å². The van der Waals surface area contributed by atoms with Crippen molar-refractivity contribution in [2.45, 2.75) is 26.3 Å². The van der Waals surface area contributed by atoms with E-state index in [0.717, 1.165) is 23.2 Å². The van der Waals surface area contributed by atoms with E-state index >= 15 is 0 Å². The molecule has 0 fully saturated rings. The van der Waals surface area contributed by atoms with Crippen LogP contribution in [0.5, 0.6) is 0 Å². The fraction of sp³-hybridized carbons (Fsp3) is 0.211. The molecule has 22 heavy (non-hydrogen) atoms. The molecule has 0 atom stereocenters. The SMILES string of the molecule is Cc1ccc(CCC(=O)NCc2cc3ccccc3o2)cc1. The van der Waals surface area contributed by atoms with Gasteiger partial charge in [-0.05, 0) is 31.0 Å². The van der Waals surface area contributed by atoms with Crippen LogP contribution in [0, 0.1) is 6.92 Å². The summed E-state index contributed by atoms with van der Waals surface area (Å²) in [5, 5.41) is 3.97. The van der Waals surface area contributed by atoms with Crippen molar-refractivity contribution in [1.82, 2.24) is 5.32 Å². The largest absolute Gasteiger partial charge is 0.459 e. The topological polar surface area (TPSA) is 42.2 Å². The third kappa shape index (κ3) is 3.55. The maximum absolute atomic E-state index is 11.9. The van der Waals surface area contributed by atoms with E-state index < -0.39 is 0 Å². The van der Waals surface area contributed by atoms with Crippen molar-refractivity contribution in [3.63, 3.8) is 0 Å². The Bertz CT molecular complexity index is 738. The van der Waals surface area contributed by atoms with Gasteiger partial charge in [-0.25, -0.2) is 0 Å². The molecule has 3 heteroatoms. The summed E-state index contributed by atoms with van der Waals surface area (Å²) in [5.74, 6) is 0.825. The monoisotopic (exact) mass is 293 g/mol. The number of carbonyl (C=O) groups is 1. The minimum atomic E-state index is 0.0426. The molecule has 0 bridgehead atoms. The van der Waals surface area contributed by atoms with Gasteiger partial charge in [0.2, 0.25) is 5.91 Å². The van der Waals surface area contributed by atoms with E-state index in [1.165, 1.54) is 11.1 Å². The zero-order valence-electron chi connectivity index (χ0n) is 12.6. The van der Waals surface area contributed by atoms with Gasteiger partial charge in [-0.2, -0.15) is 0 Å². The molecule has 1 amide bonds. The number of aryl methyl sites for hydroxylation is 2. The normalized spacial score (nSPS) is 10.8. The van der Waals surface area contributed by atoms with Gasteiger partial charge in [-0.1, -0.05) is 48.0 Å². The van der Waals surface area contributed by atoms with Gasteiger partial charge in [-0.3, -0.25) is 4.79 Å². The van der Waals surface area contributed by atoms with Crippen molar-refractivity contribution in [2.75, 3.05) is 0 Å². The molecule has 112 valence electrons. The van der Waals surface area contributed by atoms with Crippen LogP contribution in [0.25, 0.3) is 11.0 Å². The standard InChI is InChI=1S/C19H19NO2/c1-14-6-8-15(9-7-14)10-11-19(21)20-13-17-12-16-4-2-3-5-18(16)22-17/h2-9,12H,10-11,13H2,1H3,(H,20,21). The molecule has 0 saturated carbocycles. The molecule has 0 saturated heterocycles. The fourth-order valence-electron chi connectivity index (χ4n) is 2.41. The number of benzene rings is 2. The first kappa shape index (κ1) is 14.4. The molecule has 3 aromatic rings. The Labute approximate surface area is 130 Å². The van der Waals surface area contributed by atoms with Crippen LogP contribution < -0.4 is 5.32 Å². The average Bonchev–Trinajstić information content (AvgIpc) is 2.95. The van der Waals surface area contributed by atoms with Gasteiger partial charge < -0.3 is 9.73 Å². The highest BCUT2D eigenvalue weighted by Crippen LogP contribution is 2.18. The molecule has 0 unspecified atom stereocenters. The second kappa shape index (κ2) is 6.48. The van der Waals surface area contributed by atoms with E-state index in [0.29, 0.717) is 13.0 Å². The quantitative estimate of drug-likeness (QED) is 0.773. The molecule has 0 aliphatic rings. The van der Waals surface area contributed by atoms with E-state index in [2.05, 4.69) is 36.5 Å². The third-order valence-electron chi connectivity index (χ3n) is 3.70. The van der Waals surface area contributed by atoms with Crippen LogP contribution in [-0.2, 0) is 17.8 Å². The lowest BCUT2D eigenvalue weighted by atomic mass is 10.1. The highest BCUT2D eigenvalue weighted by atomic mass is 16.3. The minimum absolute atomic E-state index is 0.0426. The second-order valence-electron chi connectivity index (χ2n) is 5.51. The Kier molecular flexibility index (Phi) is 4.24. The molecule has 1 N–H and O–H groups in total. The number of para-hydroxylation sites is 1. The maximum Gasteiger partial charge on any atom is 0.220 e. The number of amides is 1. The summed E-state index contributed by atoms with van der Waals surface area (Å²) >= 11 is 0. The summed E-state index contributed by atoms with van der Waals surface area (Å²) in [7, 11) is 0. The summed E-state index contributed by atoms with van der Waals surface area (Å²) in [6.45, 7) is 2.49. The van der Waals surface area contributed by atoms with E-state index in [1.807, 2.05) is 30.3 Å². The molecule has 1 heterocycles. The van der Waals surface area contributed by atoms with Gasteiger partial charge >= 0.3 is 0 Å². The molecule has 0 aliphatic heterocycles. The minimum Gasteiger partial charge on any atom is -0.459 e. The zero-order valence-corrected chi connectivity index (χ0v) is 12.6. The van der Waals surface area contributed by atoms with Crippen LogP contribution in [0.15, 0.2) is 59.0 Å². The van der Waals surface area contributed by atoms with Gasteiger partial charge in [0.05, 0.1) is 6.54 Å². The predicted octanol–water partition coefficient (Wildman–Crippen LogP) is 3.99. The van der Waals surface area contributed by atoms with Crippen LogP contribution >= 0.6 is 0 Å². The molecule has 0 aliphatic carbocycles. The first-order chi connectivity index (χ1) is 10.7. The lowest BCUT2D eigenvalue weighted by Gasteiger charge is -2.04. The van der Waals surface area contributed by atoms with E-state index in [-0.39, 0.29) is 5.91 Å². The molecule has 3 nitrogen and oxygen atoms in total. The van der Waals surface area contributed by atoms with Crippen molar-refractivity contribution >= 4 is 16.9 Å². The van der Waals surface area contributed by atoms with Crippen molar-refractivity contribution in [3.8, 4) is 0 Å². The molecular weight excluding hydrogens is 274 g/mol. The van der Waals surface area contributed by atoms with E-state index in [1.54, 1.807) is 0 Å². The lowest BCUT2D eigenvalue weighted by Crippen LogP contribution is -2.22. The Morgan fingerprint density at radius 3 is 2.64 bits per heavy atom. The van der Waals surface area contributed by atoms with Gasteiger partial charge in [0.25, 0.3) is 0 Å². The van der Waals surface area contributed by atoms with Gasteiger partial charge in [0, 0.05) is 11.8 Å². The lowest BCUT2D eigenvalue weighted by molar-refractivity contribution is -0.121. The van der Waals surface area contributed by atoms with Crippen LogP contribution in [0.1, 0.15) is 23.3 Å². The number of fused-ring (bicyclic) bond motifs is 1. The summed E-state index contributed by atoms with van der Waals surface area (Å²) in [6.07, 6.45) is 1.25.